The molecule has 0 unspecified atom stereocenters. The van der Waals surface area contributed by atoms with Gasteiger partial charge in [0.15, 0.2) is 11.7 Å². The highest BCUT2D eigenvalue weighted by Crippen LogP contribution is 2.04. The van der Waals surface area contributed by atoms with Crippen molar-refractivity contribution in [3.63, 3.8) is 0 Å². The highest BCUT2D eigenvalue weighted by molar-refractivity contribution is 14.0. The average molecular weight is 424 g/mol. The Morgan fingerprint density at radius 2 is 2.00 bits per heavy atom. The number of amides is 1. The third kappa shape index (κ3) is 7.64. The van der Waals surface area contributed by atoms with Gasteiger partial charge in [-0.25, -0.2) is 0 Å². The van der Waals surface area contributed by atoms with Crippen LogP contribution in [0.3, 0.4) is 0 Å². The van der Waals surface area contributed by atoms with Crippen molar-refractivity contribution >= 4 is 35.8 Å². The summed E-state index contributed by atoms with van der Waals surface area (Å²) in [5.74, 6) is 0.733. The zero-order valence-corrected chi connectivity index (χ0v) is 15.8. The number of ether oxygens (including phenoxy) is 1. The molecule has 1 aromatic heterocycles. The number of furan rings is 1. The molecule has 126 valence electrons. The van der Waals surface area contributed by atoms with Crippen LogP contribution < -0.4 is 16.0 Å². The summed E-state index contributed by atoms with van der Waals surface area (Å²) >= 11 is 0. The molecule has 1 amide bonds. The molecule has 0 saturated carbocycles. The minimum absolute atomic E-state index is 0. The van der Waals surface area contributed by atoms with E-state index in [1.165, 1.54) is 6.26 Å². The van der Waals surface area contributed by atoms with Crippen molar-refractivity contribution < 1.29 is 13.9 Å². The van der Waals surface area contributed by atoms with Gasteiger partial charge in [-0.2, -0.15) is 0 Å². The summed E-state index contributed by atoms with van der Waals surface area (Å²) < 4.78 is 10.3. The molecule has 3 N–H and O–H groups in total. The minimum Gasteiger partial charge on any atom is -0.459 e. The number of hydrogen-bond acceptors (Lipinski definition) is 4. The van der Waals surface area contributed by atoms with Gasteiger partial charge in [0.25, 0.3) is 5.91 Å². The van der Waals surface area contributed by atoms with E-state index in [0.717, 1.165) is 0 Å². The standard InChI is InChI=1S/C14H24N4O3.HI/c1-14(2,20-4)10-18-13(15-3)17-8-7-16-12(19)11-6-5-9-21-11;/h5-6,9H,7-8,10H2,1-4H3,(H,16,19)(H2,15,17,18);1H. The number of guanidine groups is 1. The first-order valence-corrected chi connectivity index (χ1v) is 6.80. The molecule has 22 heavy (non-hydrogen) atoms. The summed E-state index contributed by atoms with van der Waals surface area (Å²) in [5.41, 5.74) is -0.273. The Bertz CT molecular complexity index is 461. The fourth-order valence-corrected chi connectivity index (χ4v) is 1.44. The largest absolute Gasteiger partial charge is 0.459 e. The summed E-state index contributed by atoms with van der Waals surface area (Å²) in [6.45, 7) is 5.61. The van der Waals surface area contributed by atoms with Gasteiger partial charge in [-0.1, -0.05) is 0 Å². The van der Waals surface area contributed by atoms with Gasteiger partial charge in [-0.15, -0.1) is 24.0 Å². The first kappa shape index (κ1) is 20.7. The van der Waals surface area contributed by atoms with Crippen molar-refractivity contribution in [2.24, 2.45) is 4.99 Å². The van der Waals surface area contributed by atoms with Gasteiger partial charge in [0.05, 0.1) is 11.9 Å². The van der Waals surface area contributed by atoms with Crippen LogP contribution in [0.2, 0.25) is 0 Å². The molecule has 0 aliphatic rings. The molecule has 1 heterocycles. The van der Waals surface area contributed by atoms with Gasteiger partial charge >= 0.3 is 0 Å². The lowest BCUT2D eigenvalue weighted by Crippen LogP contribution is -2.46. The molecular weight excluding hydrogens is 399 g/mol. The fourth-order valence-electron chi connectivity index (χ4n) is 1.44. The van der Waals surface area contributed by atoms with E-state index in [0.29, 0.717) is 31.4 Å². The van der Waals surface area contributed by atoms with Gasteiger partial charge < -0.3 is 25.1 Å². The van der Waals surface area contributed by atoms with E-state index in [-0.39, 0.29) is 35.5 Å². The first-order chi connectivity index (χ1) is 9.98. The number of carbonyl (C=O) groups is 1. The molecule has 1 aromatic rings. The smallest absolute Gasteiger partial charge is 0.287 e. The minimum atomic E-state index is -0.273. The molecule has 0 aliphatic carbocycles. The van der Waals surface area contributed by atoms with E-state index < -0.39 is 0 Å². The maximum atomic E-state index is 11.6. The van der Waals surface area contributed by atoms with E-state index in [1.807, 2.05) is 13.8 Å². The van der Waals surface area contributed by atoms with Crippen LogP contribution >= 0.6 is 24.0 Å². The quantitative estimate of drug-likeness (QED) is 0.265. The predicted octanol–water partition coefficient (Wildman–Crippen LogP) is 1.22. The number of rotatable bonds is 7. The third-order valence-electron chi connectivity index (χ3n) is 2.91. The summed E-state index contributed by atoms with van der Waals surface area (Å²) in [6.07, 6.45) is 1.47. The highest BCUT2D eigenvalue weighted by Gasteiger charge is 2.16. The summed E-state index contributed by atoms with van der Waals surface area (Å²) in [5, 5.41) is 9.01. The maximum Gasteiger partial charge on any atom is 0.287 e. The van der Waals surface area contributed by atoms with Gasteiger partial charge in [0.1, 0.15) is 0 Å². The Morgan fingerprint density at radius 3 is 2.55 bits per heavy atom. The molecule has 0 atom stereocenters. The van der Waals surface area contributed by atoms with Crippen molar-refractivity contribution in [3.05, 3.63) is 24.2 Å². The third-order valence-corrected chi connectivity index (χ3v) is 2.91. The normalized spacial score (nSPS) is 11.5. The van der Waals surface area contributed by atoms with Crippen molar-refractivity contribution in [2.75, 3.05) is 33.8 Å². The van der Waals surface area contributed by atoms with E-state index >= 15 is 0 Å². The molecule has 7 nitrogen and oxygen atoms in total. The molecule has 0 saturated heterocycles. The van der Waals surface area contributed by atoms with E-state index in [4.69, 9.17) is 9.15 Å². The number of nitrogens with zero attached hydrogens (tertiary/aromatic N) is 1. The van der Waals surface area contributed by atoms with E-state index in [1.54, 1.807) is 26.3 Å². The average Bonchev–Trinajstić information content (AvgIpc) is 3.00. The van der Waals surface area contributed by atoms with Gasteiger partial charge in [0, 0.05) is 33.8 Å². The number of hydrogen-bond donors (Lipinski definition) is 3. The van der Waals surface area contributed by atoms with Crippen LogP contribution in [0.25, 0.3) is 0 Å². The lowest BCUT2D eigenvalue weighted by atomic mass is 10.1. The summed E-state index contributed by atoms with van der Waals surface area (Å²) in [6, 6.07) is 3.30. The molecule has 0 bridgehead atoms. The Labute approximate surface area is 148 Å². The molecule has 0 fully saturated rings. The zero-order chi connectivity index (χ0) is 15.7. The van der Waals surface area contributed by atoms with Crippen LogP contribution in [0.15, 0.2) is 27.8 Å². The van der Waals surface area contributed by atoms with E-state index in [9.17, 15) is 4.79 Å². The van der Waals surface area contributed by atoms with Gasteiger partial charge in [-0.3, -0.25) is 9.79 Å². The van der Waals surface area contributed by atoms with Crippen LogP contribution in [-0.4, -0.2) is 51.3 Å². The van der Waals surface area contributed by atoms with E-state index in [2.05, 4.69) is 20.9 Å². The fraction of sp³-hybridized carbons (Fsp3) is 0.571. The molecule has 8 heteroatoms. The Balaban J connectivity index is 0.00000441. The van der Waals surface area contributed by atoms with Gasteiger partial charge in [0.2, 0.25) is 0 Å². The Hall–Kier alpha value is -1.29. The van der Waals surface area contributed by atoms with Crippen LogP contribution in [-0.2, 0) is 4.74 Å². The lowest BCUT2D eigenvalue weighted by molar-refractivity contribution is 0.0268. The Kier molecular flexibility index (Phi) is 9.83. The monoisotopic (exact) mass is 424 g/mol. The molecule has 0 radical (unpaired) electrons. The predicted molar refractivity (Wildman–Crippen MR) is 96.9 cm³/mol. The molecule has 0 aliphatic heterocycles. The number of methoxy groups -OCH3 is 1. The van der Waals surface area contributed by atoms with Crippen LogP contribution in [0, 0.1) is 0 Å². The van der Waals surface area contributed by atoms with Crippen LogP contribution in [0.4, 0.5) is 0 Å². The number of carbonyl (C=O) groups excluding carboxylic acids is 1. The van der Waals surface area contributed by atoms with Crippen molar-refractivity contribution in [3.8, 4) is 0 Å². The van der Waals surface area contributed by atoms with Crippen molar-refractivity contribution in [1.29, 1.82) is 0 Å². The number of aliphatic imine (C=N–C) groups is 1. The molecule has 0 aromatic carbocycles. The van der Waals surface area contributed by atoms with Crippen LogP contribution in [0.1, 0.15) is 24.4 Å². The lowest BCUT2D eigenvalue weighted by Gasteiger charge is -2.24. The topological polar surface area (TPSA) is 87.9 Å². The zero-order valence-electron chi connectivity index (χ0n) is 13.4. The molecule has 0 spiro atoms. The molecular formula is C14H25IN4O3. The first-order valence-electron chi connectivity index (χ1n) is 6.80. The summed E-state index contributed by atoms with van der Waals surface area (Å²) in [7, 11) is 3.36. The van der Waals surface area contributed by atoms with Crippen molar-refractivity contribution in [2.45, 2.75) is 19.4 Å². The molecule has 1 rings (SSSR count). The Morgan fingerprint density at radius 1 is 1.32 bits per heavy atom. The summed E-state index contributed by atoms with van der Waals surface area (Å²) in [4.78, 5) is 15.7. The highest BCUT2D eigenvalue weighted by atomic mass is 127. The second kappa shape index (κ2) is 10.4. The van der Waals surface area contributed by atoms with Gasteiger partial charge in [-0.05, 0) is 26.0 Å². The number of halogens is 1. The number of nitrogens with one attached hydrogen (secondary N) is 3. The van der Waals surface area contributed by atoms with Crippen molar-refractivity contribution in [1.82, 2.24) is 16.0 Å². The van der Waals surface area contributed by atoms with Crippen LogP contribution in [0.5, 0.6) is 0 Å². The maximum absolute atomic E-state index is 11.6. The SMILES string of the molecule is CN=C(NCCNC(=O)c1ccco1)NCC(C)(C)OC.I. The second-order valence-corrected chi connectivity index (χ2v) is 5.05. The second-order valence-electron chi connectivity index (χ2n) is 5.05.